The fourth-order valence-electron chi connectivity index (χ4n) is 8.18. The van der Waals surface area contributed by atoms with Crippen LogP contribution in [0.2, 0.25) is 0 Å². The molecule has 22 nitrogen and oxygen atoms in total. The highest BCUT2D eigenvalue weighted by Crippen LogP contribution is 2.25. The van der Waals surface area contributed by atoms with Crippen molar-refractivity contribution in [3.8, 4) is 0 Å². The average molecular weight is 944 g/mol. The first-order chi connectivity index (χ1) is 30.9. The Labute approximate surface area is 387 Å². The minimum atomic E-state index is -1.07. The molecule has 4 saturated heterocycles. The number of nitrogens with zero attached hydrogens (tertiary/aromatic N) is 4. The van der Waals surface area contributed by atoms with Crippen LogP contribution in [0.5, 0.6) is 0 Å². The van der Waals surface area contributed by atoms with Gasteiger partial charge in [0.2, 0.25) is 41.4 Å². The number of aliphatic carboxylic acids is 3. The number of carboxylic acids is 3. The van der Waals surface area contributed by atoms with Gasteiger partial charge in [0.25, 0.3) is 0 Å². The molecule has 0 saturated carbocycles. The van der Waals surface area contributed by atoms with Gasteiger partial charge in [-0.2, -0.15) is 0 Å². The second-order valence-electron chi connectivity index (χ2n) is 16.7. The van der Waals surface area contributed by atoms with E-state index in [4.69, 9.17) is 32.5 Å². The van der Waals surface area contributed by atoms with E-state index in [0.717, 1.165) is 25.7 Å². The highest BCUT2D eigenvalue weighted by atomic mass is 16.4. The van der Waals surface area contributed by atoms with Gasteiger partial charge >= 0.3 is 17.9 Å². The molecular formula is C44H77N7O15. The number of amides is 7. The minimum absolute atomic E-state index is 0.0238. The highest BCUT2D eigenvalue weighted by Gasteiger charge is 2.37. The second kappa shape index (κ2) is 31.5. The highest BCUT2D eigenvalue weighted by molar-refractivity contribution is 5.89. The zero-order valence-corrected chi connectivity index (χ0v) is 39.6. The van der Waals surface area contributed by atoms with E-state index in [0.29, 0.717) is 83.3 Å². The monoisotopic (exact) mass is 944 g/mol. The summed E-state index contributed by atoms with van der Waals surface area (Å²) in [4.78, 5) is 116. The topological polar surface area (TPSA) is 363 Å². The molecule has 3 unspecified atom stereocenters. The Hall–Kier alpha value is -5.38. The Balaban J connectivity index is 0.000000802. The molecule has 0 aliphatic carbocycles. The first-order valence-electron chi connectivity index (χ1n) is 23.0. The zero-order chi connectivity index (χ0) is 50.8. The Kier molecular flexibility index (Phi) is 29.0. The third-order valence-corrected chi connectivity index (χ3v) is 11.7. The largest absolute Gasteiger partial charge is 0.481 e. The number of aliphatic hydroxyl groups excluding tert-OH is 2. The molecule has 0 aromatic rings. The lowest BCUT2D eigenvalue weighted by Gasteiger charge is -2.24. The Bertz CT molecular complexity index is 1590. The van der Waals surface area contributed by atoms with Crippen molar-refractivity contribution in [2.45, 2.75) is 181 Å². The van der Waals surface area contributed by atoms with Gasteiger partial charge in [-0.15, -0.1) is 0 Å². The summed E-state index contributed by atoms with van der Waals surface area (Å²) in [6, 6.07) is -1.97. The quantitative estimate of drug-likeness (QED) is 0.0789. The number of primary amides is 3. The van der Waals surface area contributed by atoms with Crippen molar-refractivity contribution in [3.63, 3.8) is 0 Å². The van der Waals surface area contributed by atoms with Gasteiger partial charge in [-0.3, -0.25) is 43.2 Å². The Morgan fingerprint density at radius 1 is 0.576 bits per heavy atom. The summed E-state index contributed by atoms with van der Waals surface area (Å²) in [5, 5.41) is 44.1. The standard InChI is InChI=1S/C11H20N2O2.C9H16O5.C8H14N2O3.C8H14N2O2.C8H13NO3/c1-3-5-8-6-10(14)13(7-8)9(4-2)11(12)15;1-2-6(9(13)14)3-4-7(10)5-8(11)12;1-2-6(8(9)13)10-4-5(11)3-7(10)12;1-2-6(8(9)12)10-5-3-4-7(10)11;1-2-6(8(11)12)9-5-3-4-7(9)10/h8-9H,3-7H2,1-2H3,(H2,12,15);6-7,10H,2-5H2,1H3,(H,11,12)(H,13,14);5-6,11H,2-4H2,1H3,(H2,9,13);6H,2-5H2,1H3,(H2,9,12);6H,2-5H2,1H3,(H,11,12)/t8?,9-;6-,7?;5?,6-;2*6-/m01000/s1. The van der Waals surface area contributed by atoms with E-state index in [1.807, 2.05) is 13.8 Å². The van der Waals surface area contributed by atoms with Crippen LogP contribution in [-0.2, 0) is 47.9 Å². The van der Waals surface area contributed by atoms with Crippen LogP contribution < -0.4 is 17.2 Å². The van der Waals surface area contributed by atoms with Crippen LogP contribution in [0.15, 0.2) is 0 Å². The number of rotatable bonds is 21. The van der Waals surface area contributed by atoms with Crippen LogP contribution >= 0.6 is 0 Å². The van der Waals surface area contributed by atoms with Crippen molar-refractivity contribution < 1.29 is 73.5 Å². The predicted octanol–water partition coefficient (Wildman–Crippen LogP) is 0.800. The van der Waals surface area contributed by atoms with E-state index in [9.17, 15) is 58.2 Å². The van der Waals surface area contributed by atoms with Gasteiger partial charge in [0.05, 0.1) is 31.0 Å². The fourth-order valence-corrected chi connectivity index (χ4v) is 8.18. The summed E-state index contributed by atoms with van der Waals surface area (Å²) in [6.07, 6.45) is 6.84. The van der Waals surface area contributed by atoms with Crippen LogP contribution in [0.4, 0.5) is 0 Å². The number of β-amino-alcohol motifs (C(OH)–C–C–N with tert-alkyl or cyclic N) is 1. The normalized spacial score (nSPS) is 20.5. The zero-order valence-electron chi connectivity index (χ0n) is 39.6. The molecule has 8 atom stereocenters. The van der Waals surface area contributed by atoms with Gasteiger partial charge in [-0.25, -0.2) is 4.79 Å². The van der Waals surface area contributed by atoms with E-state index in [1.54, 1.807) is 30.6 Å². The summed E-state index contributed by atoms with van der Waals surface area (Å²) in [5.41, 5.74) is 15.6. The van der Waals surface area contributed by atoms with Crippen LogP contribution in [-0.4, -0.2) is 167 Å². The smallest absolute Gasteiger partial charge is 0.326 e. The van der Waals surface area contributed by atoms with Crippen molar-refractivity contribution in [1.29, 1.82) is 0 Å². The molecule has 0 radical (unpaired) electrons. The molecule has 0 aromatic carbocycles. The summed E-state index contributed by atoms with van der Waals surface area (Å²) in [7, 11) is 0. The van der Waals surface area contributed by atoms with Gasteiger partial charge in [0.1, 0.15) is 24.2 Å². The minimum Gasteiger partial charge on any atom is -0.481 e. The molecule has 4 aliphatic rings. The van der Waals surface area contributed by atoms with Crippen molar-refractivity contribution in [2.24, 2.45) is 29.0 Å². The van der Waals surface area contributed by atoms with Crippen molar-refractivity contribution in [2.75, 3.05) is 26.2 Å². The maximum absolute atomic E-state index is 11.7. The fraction of sp³-hybridized carbons (Fsp3) is 0.773. The van der Waals surface area contributed by atoms with Crippen LogP contribution in [0, 0.1) is 11.8 Å². The van der Waals surface area contributed by atoms with Crippen molar-refractivity contribution >= 4 is 59.3 Å². The van der Waals surface area contributed by atoms with E-state index < -0.39 is 66.0 Å². The van der Waals surface area contributed by atoms with E-state index in [1.165, 1.54) is 9.80 Å². The molecule has 7 amide bonds. The Morgan fingerprint density at radius 3 is 1.32 bits per heavy atom. The summed E-state index contributed by atoms with van der Waals surface area (Å²) in [6.45, 7) is 13.4. The van der Waals surface area contributed by atoms with E-state index in [2.05, 4.69) is 6.92 Å². The lowest BCUT2D eigenvalue weighted by Crippen LogP contribution is -2.45. The molecule has 378 valence electrons. The number of nitrogens with two attached hydrogens (primary N) is 3. The molecule has 0 aromatic heterocycles. The molecule has 22 heteroatoms. The third kappa shape index (κ3) is 20.8. The number of aliphatic hydroxyl groups is 2. The molecule has 4 rings (SSSR count). The van der Waals surface area contributed by atoms with Crippen LogP contribution in [0.3, 0.4) is 0 Å². The second-order valence-corrected chi connectivity index (χ2v) is 16.7. The van der Waals surface area contributed by atoms with Crippen molar-refractivity contribution in [1.82, 2.24) is 19.6 Å². The number of likely N-dealkylation sites (tertiary alicyclic amines) is 4. The van der Waals surface area contributed by atoms with Crippen molar-refractivity contribution in [3.05, 3.63) is 0 Å². The molecular weight excluding hydrogens is 867 g/mol. The Morgan fingerprint density at radius 2 is 1.00 bits per heavy atom. The number of carbonyl (C=O) groups is 10. The van der Waals surface area contributed by atoms with Gasteiger partial charge in [-0.05, 0) is 70.1 Å². The lowest BCUT2D eigenvalue weighted by atomic mass is 9.98. The van der Waals surface area contributed by atoms with Crippen LogP contribution in [0.25, 0.3) is 0 Å². The molecule has 4 aliphatic heterocycles. The van der Waals surface area contributed by atoms with Gasteiger partial charge in [-0.1, -0.05) is 48.0 Å². The average Bonchev–Trinajstić information content (AvgIpc) is 4.01. The van der Waals surface area contributed by atoms with Gasteiger partial charge in [0.15, 0.2) is 0 Å². The SMILES string of the molecule is CCCC1CC(=O)N([C@@H](CC)C(N)=O)C1.CC[C@@H](C(=O)O)N1CCCC1=O.CC[C@@H](C(N)=O)N1CC(O)CC1=O.CC[C@@H](C(N)=O)N1CCCC1=O.CC[C@H](CCC(O)CC(=O)O)C(=O)O. The number of carbonyl (C=O) groups excluding carboxylic acids is 7. The molecule has 4 heterocycles. The maximum atomic E-state index is 11.7. The van der Waals surface area contributed by atoms with E-state index >= 15 is 0 Å². The molecule has 11 N–H and O–H groups in total. The summed E-state index contributed by atoms with van der Waals surface area (Å²) < 4.78 is 0. The number of hydrogen-bond acceptors (Lipinski definition) is 12. The first-order valence-corrected chi connectivity index (χ1v) is 23.0. The molecule has 66 heavy (non-hydrogen) atoms. The number of carboxylic acid groups (broad SMARTS) is 3. The molecule has 4 fully saturated rings. The maximum Gasteiger partial charge on any atom is 0.326 e. The molecule has 0 bridgehead atoms. The third-order valence-electron chi connectivity index (χ3n) is 11.7. The lowest BCUT2D eigenvalue weighted by molar-refractivity contribution is -0.148. The predicted molar refractivity (Wildman–Crippen MR) is 239 cm³/mol. The number of hydrogen-bond donors (Lipinski definition) is 8. The van der Waals surface area contributed by atoms with Gasteiger partial charge in [0, 0.05) is 45.4 Å². The van der Waals surface area contributed by atoms with Crippen LogP contribution in [0.1, 0.15) is 144 Å². The van der Waals surface area contributed by atoms with E-state index in [-0.39, 0.29) is 61.4 Å². The first kappa shape index (κ1) is 60.6. The van der Waals surface area contributed by atoms with Gasteiger partial charge < -0.3 is 62.3 Å². The summed E-state index contributed by atoms with van der Waals surface area (Å²) >= 11 is 0. The molecule has 0 spiro atoms. The summed E-state index contributed by atoms with van der Waals surface area (Å²) in [5.74, 6) is -4.30.